The van der Waals surface area contributed by atoms with Gasteiger partial charge < -0.3 is 25.0 Å². The molecule has 3 aliphatic heterocycles. The highest BCUT2D eigenvalue weighted by atomic mass is 19.1. The Kier molecular flexibility index (Phi) is 6.32. The molecule has 4 heterocycles. The van der Waals surface area contributed by atoms with E-state index < -0.39 is 52.1 Å². The maximum Gasteiger partial charge on any atom is 0.312 e. The van der Waals surface area contributed by atoms with Crippen LogP contribution in [0.15, 0.2) is 29.1 Å². The molecule has 186 valence electrons. The molecule has 2 aromatic rings. The summed E-state index contributed by atoms with van der Waals surface area (Å²) in [6.45, 7) is 0.112. The monoisotopic (exact) mass is 487 g/mol. The van der Waals surface area contributed by atoms with Crippen LogP contribution in [0.5, 0.6) is 5.75 Å². The van der Waals surface area contributed by atoms with Crippen LogP contribution >= 0.6 is 0 Å². The van der Waals surface area contributed by atoms with Crippen molar-refractivity contribution in [3.63, 3.8) is 0 Å². The second kappa shape index (κ2) is 9.10. The molecule has 1 saturated heterocycles. The molecule has 2 N–H and O–H groups in total. The second-order valence-electron chi connectivity index (χ2n) is 8.92. The normalized spacial score (nSPS) is 20.5. The molecule has 0 saturated carbocycles. The number of hydrogen-bond acceptors (Lipinski definition) is 7. The molecule has 2 atom stereocenters. The number of rotatable bonds is 4. The number of aromatic hydroxyl groups is 1. The molecule has 1 fully saturated rings. The van der Waals surface area contributed by atoms with E-state index >= 15 is 0 Å². The topological polar surface area (TPSA) is 134 Å². The molecule has 11 nitrogen and oxygen atoms in total. The number of fused-ring (bicyclic) bond motifs is 3. The Morgan fingerprint density at radius 1 is 1.23 bits per heavy atom. The number of ether oxygens (including phenoxy) is 1. The fourth-order valence-corrected chi connectivity index (χ4v) is 4.47. The minimum atomic E-state index is -1.30. The van der Waals surface area contributed by atoms with E-state index in [9.17, 15) is 28.7 Å². The summed E-state index contributed by atoms with van der Waals surface area (Å²) in [4.78, 5) is 58.2. The number of hydrogen-bond donors (Lipinski definition) is 2. The number of likely N-dealkylation sites (N-methyl/N-ethyl adjacent to an activating group) is 2. The molecule has 3 aliphatic rings. The molecule has 0 spiro atoms. The van der Waals surface area contributed by atoms with Gasteiger partial charge in [0.2, 0.25) is 5.75 Å². The van der Waals surface area contributed by atoms with Gasteiger partial charge in [-0.2, -0.15) is 0 Å². The molecular weight excluding hydrogens is 461 g/mol. The van der Waals surface area contributed by atoms with Gasteiger partial charge in [-0.25, -0.2) is 9.37 Å². The first-order valence-electron chi connectivity index (χ1n) is 11.0. The Morgan fingerprint density at radius 3 is 2.57 bits per heavy atom. The van der Waals surface area contributed by atoms with Crippen LogP contribution in [0.1, 0.15) is 40.8 Å². The van der Waals surface area contributed by atoms with Crippen LogP contribution in [0.2, 0.25) is 0 Å². The molecule has 3 amide bonds. The molecule has 12 heteroatoms. The fraction of sp³-hybridized carbons (Fsp3) is 0.435. The lowest BCUT2D eigenvalue weighted by molar-refractivity contribution is -0.155. The fourth-order valence-electron chi connectivity index (χ4n) is 4.47. The minimum Gasteiger partial charge on any atom is -0.501 e. The average Bonchev–Trinajstić information content (AvgIpc) is 3.16. The number of carbonyl (C=O) groups excluding carboxylic acids is 3. The summed E-state index contributed by atoms with van der Waals surface area (Å²) in [6, 6.07) is 5.02. The molecule has 1 aromatic carbocycles. The van der Waals surface area contributed by atoms with Crippen LogP contribution in [0.4, 0.5) is 4.39 Å². The Balaban J connectivity index is 1.75. The number of carbonyl (C=O) groups is 3. The maximum absolute atomic E-state index is 13.2. The van der Waals surface area contributed by atoms with Crippen molar-refractivity contribution in [2.45, 2.75) is 31.0 Å². The van der Waals surface area contributed by atoms with Crippen LogP contribution in [0.25, 0.3) is 0 Å². The number of aromatic nitrogens is 2. The van der Waals surface area contributed by atoms with Crippen molar-refractivity contribution in [1.82, 2.24) is 24.7 Å². The Hall–Kier alpha value is -3.80. The zero-order chi connectivity index (χ0) is 25.5. The molecular formula is C23H26FN5O6. The number of halogens is 1. The smallest absolute Gasteiger partial charge is 0.312 e. The summed E-state index contributed by atoms with van der Waals surface area (Å²) in [6.07, 6.45) is 0.784. The molecule has 5 rings (SSSR count). The van der Waals surface area contributed by atoms with Gasteiger partial charge in [-0.3, -0.25) is 23.7 Å². The van der Waals surface area contributed by atoms with Crippen molar-refractivity contribution in [2.75, 3.05) is 34.4 Å². The first-order valence-corrected chi connectivity index (χ1v) is 11.0. The highest BCUT2D eigenvalue weighted by Crippen LogP contribution is 2.42. The van der Waals surface area contributed by atoms with Crippen molar-refractivity contribution in [3.05, 3.63) is 57.5 Å². The summed E-state index contributed by atoms with van der Waals surface area (Å²) in [5.41, 5.74) is -2.03. The molecule has 0 radical (unpaired) electrons. The molecule has 0 aliphatic carbocycles. The summed E-state index contributed by atoms with van der Waals surface area (Å²) >= 11 is 0. The zero-order valence-electron chi connectivity index (χ0n) is 19.6. The molecule has 35 heavy (non-hydrogen) atoms. The van der Waals surface area contributed by atoms with E-state index in [0.29, 0.717) is 18.4 Å². The van der Waals surface area contributed by atoms with Crippen LogP contribution in [-0.2, 0) is 26.4 Å². The third kappa shape index (κ3) is 4.14. The van der Waals surface area contributed by atoms with Crippen LogP contribution in [0.3, 0.4) is 0 Å². The Morgan fingerprint density at radius 2 is 1.91 bits per heavy atom. The predicted molar refractivity (Wildman–Crippen MR) is 120 cm³/mol. The van der Waals surface area contributed by atoms with E-state index in [2.05, 4.69) is 10.3 Å². The van der Waals surface area contributed by atoms with Crippen molar-refractivity contribution in [2.24, 2.45) is 0 Å². The summed E-state index contributed by atoms with van der Waals surface area (Å²) in [5.74, 6) is -3.59. The Bertz CT molecular complexity index is 1240. The van der Waals surface area contributed by atoms with Gasteiger partial charge in [0.1, 0.15) is 17.2 Å². The van der Waals surface area contributed by atoms with E-state index in [1.165, 1.54) is 54.9 Å². The lowest BCUT2D eigenvalue weighted by Gasteiger charge is -2.43. The SMILES string of the molecule is CN(C)C(=O)C(=O)N(C)C12CCC(COC1)n1c2nc(C(=O)NCc2ccc(F)cc2)c(O)c1=O. The van der Waals surface area contributed by atoms with Crippen LogP contribution in [0, 0.1) is 5.82 Å². The van der Waals surface area contributed by atoms with Gasteiger partial charge in [0.15, 0.2) is 5.69 Å². The van der Waals surface area contributed by atoms with E-state index in [-0.39, 0.29) is 25.6 Å². The quantitative estimate of drug-likeness (QED) is 0.586. The lowest BCUT2D eigenvalue weighted by atomic mass is 9.86. The van der Waals surface area contributed by atoms with E-state index in [4.69, 9.17) is 4.74 Å². The van der Waals surface area contributed by atoms with Gasteiger partial charge in [0.05, 0.1) is 19.3 Å². The van der Waals surface area contributed by atoms with Crippen molar-refractivity contribution < 1.29 is 28.6 Å². The van der Waals surface area contributed by atoms with Gasteiger partial charge in [0.25, 0.3) is 11.5 Å². The zero-order valence-corrected chi connectivity index (χ0v) is 19.6. The standard InChI is InChI=1S/C23H26FN5O6/c1-27(2)20(33)21(34)28(3)23-9-8-15(11-35-12-23)29-19(32)17(30)16(26-22(23)29)18(31)25-10-13-4-6-14(24)7-5-13/h4-7,15,30H,8-12H2,1-3H3,(H,25,31). The van der Waals surface area contributed by atoms with Crippen molar-refractivity contribution >= 4 is 17.7 Å². The Labute approximate surface area is 200 Å². The van der Waals surface area contributed by atoms with Gasteiger partial charge >= 0.3 is 11.8 Å². The summed E-state index contributed by atoms with van der Waals surface area (Å²) < 4.78 is 20.2. The minimum absolute atomic E-state index is 0.00521. The number of amides is 3. The van der Waals surface area contributed by atoms with Crippen molar-refractivity contribution in [3.8, 4) is 5.75 Å². The first kappa shape index (κ1) is 24.3. The second-order valence-corrected chi connectivity index (χ2v) is 8.92. The van der Waals surface area contributed by atoms with Gasteiger partial charge in [-0.15, -0.1) is 0 Å². The van der Waals surface area contributed by atoms with E-state index in [1.54, 1.807) is 0 Å². The van der Waals surface area contributed by atoms with Crippen molar-refractivity contribution in [1.29, 1.82) is 0 Å². The molecule has 1 aromatic heterocycles. The maximum atomic E-state index is 13.2. The van der Waals surface area contributed by atoms with E-state index in [1.807, 2.05) is 0 Å². The predicted octanol–water partition coefficient (Wildman–Crippen LogP) is 0.125. The first-order chi connectivity index (χ1) is 16.6. The summed E-state index contributed by atoms with van der Waals surface area (Å²) in [7, 11) is 4.32. The number of benzene rings is 1. The van der Waals surface area contributed by atoms with Gasteiger partial charge in [-0.05, 0) is 30.5 Å². The lowest BCUT2D eigenvalue weighted by Crippen LogP contribution is -2.57. The third-order valence-electron chi connectivity index (χ3n) is 6.53. The molecule has 2 unspecified atom stereocenters. The highest BCUT2D eigenvalue weighted by molar-refractivity contribution is 6.34. The van der Waals surface area contributed by atoms with Gasteiger partial charge in [0, 0.05) is 27.7 Å². The number of nitrogens with zero attached hydrogens (tertiary/aromatic N) is 4. The molecule has 2 bridgehead atoms. The highest BCUT2D eigenvalue weighted by Gasteiger charge is 2.51. The largest absolute Gasteiger partial charge is 0.501 e. The van der Waals surface area contributed by atoms with Gasteiger partial charge in [-0.1, -0.05) is 12.1 Å². The van der Waals surface area contributed by atoms with Crippen LogP contribution < -0.4 is 10.9 Å². The average molecular weight is 487 g/mol. The third-order valence-corrected chi connectivity index (χ3v) is 6.53. The summed E-state index contributed by atoms with van der Waals surface area (Å²) in [5, 5.41) is 13.1. The van der Waals surface area contributed by atoms with Crippen LogP contribution in [-0.4, -0.2) is 76.5 Å². The number of nitrogens with one attached hydrogen (secondary N) is 1. The van der Waals surface area contributed by atoms with E-state index in [0.717, 1.165) is 4.90 Å².